The maximum atomic E-state index is 6.47. The molecule has 0 atom stereocenters. The normalized spacial score (nSPS) is 11.7. The Morgan fingerprint density at radius 3 is 1.59 bits per heavy atom. The summed E-state index contributed by atoms with van der Waals surface area (Å²) in [6.07, 6.45) is 0. The van der Waals surface area contributed by atoms with Gasteiger partial charge in [-0.3, -0.25) is 0 Å². The number of fused-ring (bicyclic) bond motifs is 9. The maximum Gasteiger partial charge on any atom is 0.164 e. The van der Waals surface area contributed by atoms with Gasteiger partial charge in [-0.2, -0.15) is 0 Å². The first kappa shape index (κ1) is 42.5. The third-order valence-electron chi connectivity index (χ3n) is 14.8. The molecule has 0 aliphatic carbocycles. The molecule has 0 fully saturated rings. The predicted molar refractivity (Wildman–Crippen MR) is 308 cm³/mol. The molecular formula is C69H43N5O. The second-order valence-corrected chi connectivity index (χ2v) is 19.1. The van der Waals surface area contributed by atoms with Crippen LogP contribution >= 0.6 is 0 Å². The van der Waals surface area contributed by atoms with Crippen LogP contribution in [-0.2, 0) is 0 Å². The Morgan fingerprint density at radius 2 is 0.800 bits per heavy atom. The molecule has 0 spiro atoms. The fourth-order valence-electron chi connectivity index (χ4n) is 11.4. The van der Waals surface area contributed by atoms with Crippen molar-refractivity contribution in [3.05, 3.63) is 261 Å². The van der Waals surface area contributed by atoms with E-state index in [1.807, 2.05) is 12.1 Å². The molecule has 11 aromatic carbocycles. The molecule has 4 heterocycles. The van der Waals surface area contributed by atoms with Crippen molar-refractivity contribution in [3.8, 4) is 78.9 Å². The van der Waals surface area contributed by atoms with E-state index in [2.05, 4.69) is 258 Å². The molecule has 0 radical (unpaired) electrons. The second kappa shape index (κ2) is 17.3. The number of para-hydroxylation sites is 6. The largest absolute Gasteiger partial charge is 0.455 e. The van der Waals surface area contributed by atoms with E-state index in [1.165, 1.54) is 16.3 Å². The monoisotopic (exact) mass is 957 g/mol. The Balaban J connectivity index is 0.930. The zero-order valence-electron chi connectivity index (χ0n) is 40.5. The number of nitrogens with zero attached hydrogens (tertiary/aromatic N) is 5. The van der Waals surface area contributed by atoms with Crippen LogP contribution in [0.4, 0.5) is 0 Å². The quantitative estimate of drug-likeness (QED) is 0.152. The molecule has 6 nitrogen and oxygen atoms in total. The molecule has 0 aliphatic heterocycles. The van der Waals surface area contributed by atoms with Crippen LogP contribution in [0.15, 0.2) is 265 Å². The summed E-state index contributed by atoms with van der Waals surface area (Å²) in [4.78, 5) is 16.2. The molecule has 350 valence electrons. The lowest BCUT2D eigenvalue weighted by Gasteiger charge is -2.14. The lowest BCUT2D eigenvalue weighted by atomic mass is 9.98. The van der Waals surface area contributed by atoms with Gasteiger partial charge in [0.05, 0.1) is 27.8 Å². The number of hydrogen-bond acceptors (Lipinski definition) is 4. The lowest BCUT2D eigenvalue weighted by molar-refractivity contribution is 0.670. The van der Waals surface area contributed by atoms with Crippen molar-refractivity contribution in [1.82, 2.24) is 24.1 Å². The highest BCUT2D eigenvalue weighted by Crippen LogP contribution is 2.43. The summed E-state index contributed by atoms with van der Waals surface area (Å²) in [5, 5.41) is 6.77. The minimum Gasteiger partial charge on any atom is -0.455 e. The highest BCUT2D eigenvalue weighted by molar-refractivity contribution is 6.18. The summed E-state index contributed by atoms with van der Waals surface area (Å²) in [5.74, 6) is 1.76. The molecule has 15 rings (SSSR count). The van der Waals surface area contributed by atoms with Crippen LogP contribution in [0.5, 0.6) is 0 Å². The van der Waals surface area contributed by atoms with Gasteiger partial charge in [-0.1, -0.05) is 206 Å². The maximum absolute atomic E-state index is 6.47. The van der Waals surface area contributed by atoms with Crippen molar-refractivity contribution >= 4 is 65.6 Å². The van der Waals surface area contributed by atoms with Gasteiger partial charge in [-0.25, -0.2) is 15.0 Å². The van der Waals surface area contributed by atoms with Crippen molar-refractivity contribution in [3.63, 3.8) is 0 Å². The number of benzene rings is 11. The zero-order valence-corrected chi connectivity index (χ0v) is 40.5. The Morgan fingerprint density at radius 1 is 0.293 bits per heavy atom. The van der Waals surface area contributed by atoms with Crippen molar-refractivity contribution in [2.45, 2.75) is 0 Å². The molecule has 0 saturated heterocycles. The molecule has 4 aromatic heterocycles. The van der Waals surface area contributed by atoms with E-state index in [4.69, 9.17) is 19.4 Å². The average Bonchev–Trinajstić information content (AvgIpc) is 4.19. The Bertz CT molecular complexity index is 4700. The first-order chi connectivity index (χ1) is 37.2. The highest BCUT2D eigenvalue weighted by atomic mass is 16.3. The van der Waals surface area contributed by atoms with Crippen LogP contribution in [0, 0.1) is 0 Å². The molecule has 0 unspecified atom stereocenters. The van der Waals surface area contributed by atoms with Crippen molar-refractivity contribution in [2.75, 3.05) is 0 Å². The lowest BCUT2D eigenvalue weighted by Crippen LogP contribution is -2.01. The van der Waals surface area contributed by atoms with Crippen LogP contribution in [0.1, 0.15) is 0 Å². The van der Waals surface area contributed by atoms with Gasteiger partial charge in [0.15, 0.2) is 17.5 Å². The molecule has 0 amide bonds. The van der Waals surface area contributed by atoms with E-state index in [9.17, 15) is 0 Å². The van der Waals surface area contributed by atoms with Crippen molar-refractivity contribution < 1.29 is 4.42 Å². The van der Waals surface area contributed by atoms with E-state index in [1.54, 1.807) is 0 Å². The minimum absolute atomic E-state index is 0.581. The summed E-state index contributed by atoms with van der Waals surface area (Å²) in [5.41, 5.74) is 17.7. The number of hydrogen-bond donors (Lipinski definition) is 0. The fourth-order valence-corrected chi connectivity index (χ4v) is 11.4. The van der Waals surface area contributed by atoms with Gasteiger partial charge in [0.2, 0.25) is 0 Å². The Hall–Kier alpha value is -10.2. The minimum atomic E-state index is 0.581. The van der Waals surface area contributed by atoms with Gasteiger partial charge in [-0.05, 0) is 82.4 Å². The number of furan rings is 1. The van der Waals surface area contributed by atoms with Gasteiger partial charge in [-0.15, -0.1) is 0 Å². The summed E-state index contributed by atoms with van der Waals surface area (Å²) in [7, 11) is 0. The third-order valence-corrected chi connectivity index (χ3v) is 14.8. The summed E-state index contributed by atoms with van der Waals surface area (Å²) in [6, 6.07) is 92.2. The van der Waals surface area contributed by atoms with Crippen molar-refractivity contribution in [2.24, 2.45) is 0 Å². The van der Waals surface area contributed by atoms with E-state index < -0.39 is 0 Å². The van der Waals surface area contributed by atoms with E-state index in [-0.39, 0.29) is 0 Å². The van der Waals surface area contributed by atoms with Gasteiger partial charge < -0.3 is 13.6 Å². The molecule has 75 heavy (non-hydrogen) atoms. The Labute approximate surface area is 431 Å². The SMILES string of the molecule is c1ccc(-c2cccc(-c3cccc(-c4nc(-c5ccc(-c6cccc7c6oc6ccccc67)cc5)nc(-c5cccc6c5c5ccccc5n6-c5cccc6c7ccccc7n(-c7ccccc7)c56)n4)c3)c2)cc1. The Kier molecular flexibility index (Phi) is 9.78. The first-order valence-corrected chi connectivity index (χ1v) is 25.3. The second-order valence-electron chi connectivity index (χ2n) is 19.1. The van der Waals surface area contributed by atoms with Crippen LogP contribution in [0.3, 0.4) is 0 Å². The number of rotatable bonds is 8. The molecule has 6 heteroatoms. The average molecular weight is 958 g/mol. The van der Waals surface area contributed by atoms with Gasteiger partial charge in [0.1, 0.15) is 11.2 Å². The smallest absolute Gasteiger partial charge is 0.164 e. The highest BCUT2D eigenvalue weighted by Gasteiger charge is 2.23. The molecular weight excluding hydrogens is 915 g/mol. The molecule has 0 N–H and O–H groups in total. The molecule has 0 aliphatic rings. The first-order valence-electron chi connectivity index (χ1n) is 25.3. The summed E-state index contributed by atoms with van der Waals surface area (Å²) >= 11 is 0. The van der Waals surface area contributed by atoms with Gasteiger partial charge >= 0.3 is 0 Å². The topological polar surface area (TPSA) is 61.7 Å². The van der Waals surface area contributed by atoms with E-state index in [0.717, 1.165) is 111 Å². The van der Waals surface area contributed by atoms with E-state index in [0.29, 0.717) is 17.5 Å². The number of aromatic nitrogens is 5. The fraction of sp³-hybridized carbons (Fsp3) is 0. The van der Waals surface area contributed by atoms with Crippen LogP contribution in [0.2, 0.25) is 0 Å². The molecule has 0 bridgehead atoms. The summed E-state index contributed by atoms with van der Waals surface area (Å²) < 4.78 is 11.3. The molecule has 0 saturated carbocycles. The van der Waals surface area contributed by atoms with Gasteiger partial charge in [0, 0.05) is 60.3 Å². The molecule has 15 aromatic rings. The zero-order chi connectivity index (χ0) is 49.4. The van der Waals surface area contributed by atoms with Crippen molar-refractivity contribution in [1.29, 1.82) is 0 Å². The predicted octanol–water partition coefficient (Wildman–Crippen LogP) is 18.0. The standard InChI is InChI=1S/C69H43N5O/c1-3-18-44(19-4-1)47-20-13-21-48(42-47)49-22-14-23-50(43-49)68-70-67(46-40-38-45(39-41-46)52-29-15-31-56-54-27-9-12-37-63(54)75-66(52)56)71-69(72-68)58-32-17-35-61-64(58)57-28-8-11-34-60(57)74(61)62-36-16-30-55-53-26-7-10-33-59(53)73(65(55)62)51-24-5-2-6-25-51/h1-43H. The van der Waals surface area contributed by atoms with Crippen LogP contribution in [0.25, 0.3) is 144 Å². The van der Waals surface area contributed by atoms with Crippen LogP contribution < -0.4 is 0 Å². The van der Waals surface area contributed by atoms with Gasteiger partial charge in [0.25, 0.3) is 0 Å². The van der Waals surface area contributed by atoms with Crippen LogP contribution in [-0.4, -0.2) is 24.1 Å². The van der Waals surface area contributed by atoms with E-state index >= 15 is 0 Å². The summed E-state index contributed by atoms with van der Waals surface area (Å²) in [6.45, 7) is 0. The third kappa shape index (κ3) is 6.99.